The molecule has 160 valence electrons. The minimum atomic E-state index is -0.533. The van der Waals surface area contributed by atoms with Gasteiger partial charge < -0.3 is 10.2 Å². The lowest BCUT2D eigenvalue weighted by Crippen LogP contribution is -2.50. The Bertz CT molecular complexity index is 840. The molecule has 2 aromatic rings. The monoisotopic (exact) mass is 444 g/mol. The summed E-state index contributed by atoms with van der Waals surface area (Å²) in [6.07, 6.45) is 4.35. The maximum atomic E-state index is 13.1. The lowest BCUT2D eigenvalue weighted by atomic mass is 10.1. The highest BCUT2D eigenvalue weighted by Crippen LogP contribution is 2.20. The fourth-order valence-electron chi connectivity index (χ4n) is 3.72. The first-order chi connectivity index (χ1) is 14.5. The van der Waals surface area contributed by atoms with Crippen LogP contribution in [0.5, 0.6) is 0 Å². The zero-order chi connectivity index (χ0) is 21.3. The van der Waals surface area contributed by atoms with E-state index in [4.69, 9.17) is 11.6 Å². The molecule has 0 heterocycles. The number of amides is 2. The van der Waals surface area contributed by atoms with E-state index in [1.54, 1.807) is 16.7 Å². The number of hydrogen-bond acceptors (Lipinski definition) is 3. The molecule has 6 heteroatoms. The van der Waals surface area contributed by atoms with E-state index in [1.165, 1.54) is 5.56 Å². The minimum absolute atomic E-state index is 0.0371. The number of nitrogens with one attached hydrogen (secondary N) is 1. The van der Waals surface area contributed by atoms with Crippen LogP contribution >= 0.6 is 23.4 Å². The number of hydrogen-bond donors (Lipinski definition) is 1. The van der Waals surface area contributed by atoms with E-state index in [9.17, 15) is 9.59 Å². The number of halogens is 1. The molecule has 1 saturated carbocycles. The quantitative estimate of drug-likeness (QED) is 0.588. The Morgan fingerprint density at radius 3 is 2.50 bits per heavy atom. The standard InChI is InChI=1S/C24H29ClN2O2S/c1-18(24(29)26-22-12-5-6-13-22)27(15-20-10-7-11-21(25)14-20)23(28)17-30-16-19-8-3-2-4-9-19/h2-4,7-11,14,18,22H,5-6,12-13,15-17H2,1H3,(H,26,29)/t18-/m1/s1. The van der Waals surface area contributed by atoms with Crippen LogP contribution in [0.2, 0.25) is 5.02 Å². The van der Waals surface area contributed by atoms with Crippen LogP contribution < -0.4 is 5.32 Å². The molecule has 3 rings (SSSR count). The van der Waals surface area contributed by atoms with Crippen LogP contribution in [-0.2, 0) is 21.9 Å². The van der Waals surface area contributed by atoms with Crippen LogP contribution in [0.15, 0.2) is 54.6 Å². The zero-order valence-corrected chi connectivity index (χ0v) is 18.9. The number of rotatable bonds is 9. The molecule has 2 aromatic carbocycles. The van der Waals surface area contributed by atoms with Gasteiger partial charge in [0.15, 0.2) is 0 Å². The van der Waals surface area contributed by atoms with Gasteiger partial charge in [-0.2, -0.15) is 0 Å². The first-order valence-electron chi connectivity index (χ1n) is 10.5. The van der Waals surface area contributed by atoms with E-state index in [2.05, 4.69) is 17.4 Å². The third-order valence-electron chi connectivity index (χ3n) is 5.45. The molecule has 0 aliphatic heterocycles. The van der Waals surface area contributed by atoms with Crippen LogP contribution in [-0.4, -0.2) is 34.6 Å². The molecule has 0 bridgehead atoms. The van der Waals surface area contributed by atoms with E-state index >= 15 is 0 Å². The van der Waals surface area contributed by atoms with Gasteiger partial charge in [0, 0.05) is 23.4 Å². The first kappa shape index (κ1) is 22.7. The highest BCUT2D eigenvalue weighted by Gasteiger charge is 2.28. The average molecular weight is 445 g/mol. The van der Waals surface area contributed by atoms with Crippen molar-refractivity contribution in [1.82, 2.24) is 10.2 Å². The van der Waals surface area contributed by atoms with Gasteiger partial charge in [-0.15, -0.1) is 11.8 Å². The number of nitrogens with zero attached hydrogens (tertiary/aromatic N) is 1. The van der Waals surface area contributed by atoms with E-state index < -0.39 is 6.04 Å². The Balaban J connectivity index is 1.65. The summed E-state index contributed by atoms with van der Waals surface area (Å²) in [5, 5.41) is 3.75. The van der Waals surface area contributed by atoms with Crippen LogP contribution in [0.4, 0.5) is 0 Å². The van der Waals surface area contributed by atoms with Crippen molar-refractivity contribution in [1.29, 1.82) is 0 Å². The average Bonchev–Trinajstić information content (AvgIpc) is 3.25. The third kappa shape index (κ3) is 6.78. The van der Waals surface area contributed by atoms with E-state index in [0.29, 0.717) is 17.3 Å². The van der Waals surface area contributed by atoms with Gasteiger partial charge in [-0.05, 0) is 43.0 Å². The fourth-order valence-corrected chi connectivity index (χ4v) is 4.80. The van der Waals surface area contributed by atoms with Crippen molar-refractivity contribution in [3.05, 3.63) is 70.7 Å². The van der Waals surface area contributed by atoms with Crippen molar-refractivity contribution in [2.45, 2.75) is 57.0 Å². The second-order valence-corrected chi connectivity index (χ2v) is 9.22. The van der Waals surface area contributed by atoms with Gasteiger partial charge in [0.25, 0.3) is 0 Å². The third-order valence-corrected chi connectivity index (χ3v) is 6.67. The summed E-state index contributed by atoms with van der Waals surface area (Å²) in [4.78, 5) is 27.6. The highest BCUT2D eigenvalue weighted by atomic mass is 35.5. The lowest BCUT2D eigenvalue weighted by molar-refractivity contribution is -0.138. The van der Waals surface area contributed by atoms with Crippen molar-refractivity contribution < 1.29 is 9.59 Å². The summed E-state index contributed by atoms with van der Waals surface area (Å²) < 4.78 is 0. The summed E-state index contributed by atoms with van der Waals surface area (Å²) >= 11 is 7.70. The second-order valence-electron chi connectivity index (χ2n) is 7.80. The van der Waals surface area contributed by atoms with Gasteiger partial charge >= 0.3 is 0 Å². The summed E-state index contributed by atoms with van der Waals surface area (Å²) in [6, 6.07) is 17.2. The topological polar surface area (TPSA) is 49.4 Å². The summed E-state index contributed by atoms with van der Waals surface area (Å²) in [6.45, 7) is 2.18. The number of carbonyl (C=O) groups is 2. The molecule has 1 N–H and O–H groups in total. The molecule has 30 heavy (non-hydrogen) atoms. The fraction of sp³-hybridized carbons (Fsp3) is 0.417. The maximum absolute atomic E-state index is 13.1. The van der Waals surface area contributed by atoms with Crippen molar-refractivity contribution in [2.75, 3.05) is 5.75 Å². The van der Waals surface area contributed by atoms with Gasteiger partial charge in [-0.25, -0.2) is 0 Å². The molecule has 0 spiro atoms. The largest absolute Gasteiger partial charge is 0.352 e. The number of benzene rings is 2. The Labute approximate surface area is 188 Å². The predicted molar refractivity (Wildman–Crippen MR) is 124 cm³/mol. The zero-order valence-electron chi connectivity index (χ0n) is 17.4. The Hall–Kier alpha value is -1.98. The summed E-state index contributed by atoms with van der Waals surface area (Å²) in [5.41, 5.74) is 2.10. The Kier molecular flexibility index (Phi) is 8.64. The van der Waals surface area contributed by atoms with Gasteiger partial charge in [0.2, 0.25) is 11.8 Å². The highest BCUT2D eigenvalue weighted by molar-refractivity contribution is 7.99. The summed E-state index contributed by atoms with van der Waals surface area (Å²) in [7, 11) is 0. The molecule has 1 aliphatic rings. The van der Waals surface area contributed by atoms with Gasteiger partial charge in [0.1, 0.15) is 6.04 Å². The van der Waals surface area contributed by atoms with Crippen LogP contribution in [0.25, 0.3) is 0 Å². The molecule has 1 atom stereocenters. The molecule has 1 aliphatic carbocycles. The molecule has 4 nitrogen and oxygen atoms in total. The van der Waals surface area contributed by atoms with Gasteiger partial charge in [0.05, 0.1) is 5.75 Å². The molecule has 1 fully saturated rings. The molecule has 0 unspecified atom stereocenters. The molecule has 0 aromatic heterocycles. The van der Waals surface area contributed by atoms with E-state index in [-0.39, 0.29) is 17.9 Å². The van der Waals surface area contributed by atoms with Crippen LogP contribution in [0.1, 0.15) is 43.7 Å². The summed E-state index contributed by atoms with van der Waals surface area (Å²) in [5.74, 6) is 0.979. The lowest BCUT2D eigenvalue weighted by Gasteiger charge is -2.29. The SMILES string of the molecule is C[C@H](C(=O)NC1CCCC1)N(Cc1cccc(Cl)c1)C(=O)CSCc1ccccc1. The Morgan fingerprint density at radius 1 is 1.10 bits per heavy atom. The maximum Gasteiger partial charge on any atom is 0.242 e. The first-order valence-corrected chi connectivity index (χ1v) is 12.0. The van der Waals surface area contributed by atoms with Crippen molar-refractivity contribution in [3.8, 4) is 0 Å². The second kappa shape index (κ2) is 11.4. The number of carbonyl (C=O) groups excluding carboxylic acids is 2. The predicted octanol–water partition coefficient (Wildman–Crippen LogP) is 5.05. The van der Waals surface area contributed by atoms with Crippen molar-refractivity contribution in [2.24, 2.45) is 0 Å². The molecule has 2 amide bonds. The number of thioether (sulfide) groups is 1. The molecule has 0 saturated heterocycles. The molecular weight excluding hydrogens is 416 g/mol. The Morgan fingerprint density at radius 2 is 1.80 bits per heavy atom. The van der Waals surface area contributed by atoms with Crippen molar-refractivity contribution >= 4 is 35.2 Å². The van der Waals surface area contributed by atoms with Crippen molar-refractivity contribution in [3.63, 3.8) is 0 Å². The van der Waals surface area contributed by atoms with Crippen LogP contribution in [0, 0.1) is 0 Å². The van der Waals surface area contributed by atoms with Gasteiger partial charge in [-0.3, -0.25) is 9.59 Å². The van der Waals surface area contributed by atoms with Gasteiger partial charge in [-0.1, -0.05) is 66.9 Å². The minimum Gasteiger partial charge on any atom is -0.352 e. The van der Waals surface area contributed by atoms with E-state index in [0.717, 1.165) is 37.0 Å². The van der Waals surface area contributed by atoms with Crippen LogP contribution in [0.3, 0.4) is 0 Å². The van der Waals surface area contributed by atoms with E-state index in [1.807, 2.05) is 49.4 Å². The smallest absolute Gasteiger partial charge is 0.242 e. The molecule has 0 radical (unpaired) electrons. The molecular formula is C24H29ClN2O2S. The normalized spacial score (nSPS) is 15.0.